The molecule has 3 aromatic rings. The fourth-order valence-electron chi connectivity index (χ4n) is 2.80. The van der Waals surface area contributed by atoms with E-state index in [9.17, 15) is 4.79 Å². The number of imidazole rings is 1. The molecule has 0 saturated carbocycles. The number of aromatic amines is 1. The maximum Gasteiger partial charge on any atom is 0.417 e. The lowest BCUT2D eigenvalue weighted by molar-refractivity contribution is 0.535. The third-order valence-electron chi connectivity index (χ3n) is 3.75. The van der Waals surface area contributed by atoms with Crippen molar-refractivity contribution in [2.45, 2.75) is 25.8 Å². The van der Waals surface area contributed by atoms with Crippen LogP contribution in [-0.2, 0) is 13.0 Å². The van der Waals surface area contributed by atoms with Gasteiger partial charge in [-0.25, -0.2) is 9.78 Å². The molecule has 0 radical (unpaired) electrons. The number of nitrogens with zero attached hydrogens (tertiary/aromatic N) is 2. The molecule has 1 aromatic carbocycles. The van der Waals surface area contributed by atoms with Crippen LogP contribution >= 0.6 is 15.9 Å². The van der Waals surface area contributed by atoms with Gasteiger partial charge in [0, 0.05) is 12.1 Å². The Labute approximate surface area is 122 Å². The smallest absolute Gasteiger partial charge is 0.408 e. The lowest BCUT2D eigenvalue weighted by Gasteiger charge is -2.16. The first-order valence-corrected chi connectivity index (χ1v) is 7.40. The van der Waals surface area contributed by atoms with Crippen LogP contribution in [0.2, 0.25) is 0 Å². The molecule has 0 amide bonds. The number of hydrogen-bond donors (Lipinski definition) is 1. The van der Waals surface area contributed by atoms with Crippen LogP contribution in [0.1, 0.15) is 18.5 Å². The maximum atomic E-state index is 11.2. The number of nitrogens with one attached hydrogen (secondary N) is 1. The Morgan fingerprint density at radius 1 is 1.35 bits per heavy atom. The average molecular weight is 334 g/mol. The average Bonchev–Trinajstić information content (AvgIpc) is 2.98. The van der Waals surface area contributed by atoms with E-state index in [1.807, 2.05) is 18.2 Å². The van der Waals surface area contributed by atoms with Gasteiger partial charge in [-0.15, -0.1) is 0 Å². The Morgan fingerprint density at radius 2 is 2.25 bits per heavy atom. The Morgan fingerprint density at radius 3 is 3.15 bits per heavy atom. The van der Waals surface area contributed by atoms with E-state index >= 15 is 0 Å². The second-order valence-corrected chi connectivity index (χ2v) is 5.76. The molecule has 1 aliphatic heterocycles. The quantitative estimate of drug-likeness (QED) is 0.744. The van der Waals surface area contributed by atoms with Gasteiger partial charge in [0.05, 0.1) is 11.2 Å². The zero-order valence-electron chi connectivity index (χ0n) is 10.6. The van der Waals surface area contributed by atoms with Crippen molar-refractivity contribution in [1.29, 1.82) is 0 Å². The fraction of sp³-hybridized carbons (Fsp3) is 0.286. The summed E-state index contributed by atoms with van der Waals surface area (Å²) in [5.41, 5.74) is 3.50. The van der Waals surface area contributed by atoms with Crippen LogP contribution in [0.5, 0.6) is 0 Å². The molecule has 102 valence electrons. The van der Waals surface area contributed by atoms with E-state index in [4.69, 9.17) is 4.42 Å². The summed E-state index contributed by atoms with van der Waals surface area (Å²) in [5.74, 6) is 0.501. The van der Waals surface area contributed by atoms with Gasteiger partial charge in [0.25, 0.3) is 0 Å². The molecule has 0 bridgehead atoms. The van der Waals surface area contributed by atoms with Crippen LogP contribution in [-0.4, -0.2) is 14.5 Å². The molecule has 2 aromatic heterocycles. The zero-order chi connectivity index (χ0) is 13.7. The number of H-pyrrole nitrogens is 1. The highest BCUT2D eigenvalue weighted by Crippen LogP contribution is 2.31. The molecule has 1 N–H and O–H groups in total. The van der Waals surface area contributed by atoms with E-state index < -0.39 is 5.76 Å². The van der Waals surface area contributed by atoms with Gasteiger partial charge in [-0.3, -0.25) is 4.98 Å². The van der Waals surface area contributed by atoms with Gasteiger partial charge in [0.1, 0.15) is 10.4 Å². The summed E-state index contributed by atoms with van der Waals surface area (Å²) >= 11 is 3.54. The molecule has 6 heteroatoms. The molecule has 4 rings (SSSR count). The van der Waals surface area contributed by atoms with Gasteiger partial charge >= 0.3 is 5.76 Å². The summed E-state index contributed by atoms with van der Waals surface area (Å²) in [7, 11) is 0. The number of fused-ring (bicyclic) bond motifs is 2. The van der Waals surface area contributed by atoms with Crippen molar-refractivity contribution in [1.82, 2.24) is 14.5 Å². The van der Waals surface area contributed by atoms with Crippen molar-refractivity contribution in [2.24, 2.45) is 0 Å². The molecule has 1 aliphatic rings. The Kier molecular flexibility index (Phi) is 2.60. The van der Waals surface area contributed by atoms with E-state index in [0.29, 0.717) is 11.1 Å². The number of oxazole rings is 1. The van der Waals surface area contributed by atoms with Gasteiger partial charge in [-0.05, 0) is 53.4 Å². The van der Waals surface area contributed by atoms with E-state index in [0.717, 1.165) is 29.0 Å². The summed E-state index contributed by atoms with van der Waals surface area (Å²) < 4.78 is 8.29. The monoisotopic (exact) mass is 333 g/mol. The van der Waals surface area contributed by atoms with Crippen LogP contribution in [0.3, 0.4) is 0 Å². The van der Waals surface area contributed by atoms with Gasteiger partial charge in [-0.1, -0.05) is 0 Å². The first kappa shape index (κ1) is 12.0. The molecule has 0 spiro atoms. The van der Waals surface area contributed by atoms with Crippen molar-refractivity contribution >= 4 is 27.0 Å². The van der Waals surface area contributed by atoms with Gasteiger partial charge in [0.15, 0.2) is 5.58 Å². The molecule has 0 atom stereocenters. The lowest BCUT2D eigenvalue weighted by atomic mass is 10.1. The molecular weight excluding hydrogens is 322 g/mol. The standard InChI is InChI=1S/C14H12BrN3O2/c15-12-10-3-1-2-6-18(10)13(17-12)8-4-5-9-11(7-8)20-14(19)16-9/h4-5,7H,1-3,6H2,(H,16,19). The van der Waals surface area contributed by atoms with Gasteiger partial charge in [0.2, 0.25) is 0 Å². The highest BCUT2D eigenvalue weighted by atomic mass is 79.9. The first-order chi connectivity index (χ1) is 9.72. The normalized spacial score (nSPS) is 14.7. The van der Waals surface area contributed by atoms with Crippen molar-refractivity contribution in [2.75, 3.05) is 0 Å². The minimum Gasteiger partial charge on any atom is -0.408 e. The molecule has 5 nitrogen and oxygen atoms in total. The number of rotatable bonds is 1. The zero-order valence-corrected chi connectivity index (χ0v) is 12.2. The molecule has 0 fully saturated rings. The summed E-state index contributed by atoms with van der Waals surface area (Å²) in [6.45, 7) is 0.985. The van der Waals surface area contributed by atoms with Crippen LogP contribution in [0.25, 0.3) is 22.5 Å². The number of hydrogen-bond acceptors (Lipinski definition) is 3. The van der Waals surface area contributed by atoms with E-state index in [-0.39, 0.29) is 0 Å². The largest absolute Gasteiger partial charge is 0.417 e. The Balaban J connectivity index is 1.92. The van der Waals surface area contributed by atoms with E-state index in [1.54, 1.807) is 0 Å². The second kappa shape index (κ2) is 4.34. The van der Waals surface area contributed by atoms with Crippen molar-refractivity contribution < 1.29 is 4.42 Å². The summed E-state index contributed by atoms with van der Waals surface area (Å²) in [4.78, 5) is 18.5. The predicted molar refractivity (Wildman–Crippen MR) is 78.7 cm³/mol. The summed E-state index contributed by atoms with van der Waals surface area (Å²) in [5, 5.41) is 0. The van der Waals surface area contributed by atoms with Crippen LogP contribution in [0, 0.1) is 0 Å². The SMILES string of the molecule is O=c1[nH]c2ccc(-c3nc(Br)c4n3CCCC4)cc2o1. The highest BCUT2D eigenvalue weighted by molar-refractivity contribution is 9.10. The number of halogens is 1. The van der Waals surface area contributed by atoms with Crippen molar-refractivity contribution in [3.8, 4) is 11.4 Å². The molecule has 3 heterocycles. The Hall–Kier alpha value is -1.82. The second-order valence-electron chi connectivity index (χ2n) is 5.01. The highest BCUT2D eigenvalue weighted by Gasteiger charge is 2.19. The third kappa shape index (κ3) is 1.75. The number of aromatic nitrogens is 3. The predicted octanol–water partition coefficient (Wildman–Crippen LogP) is 3.08. The number of benzene rings is 1. The topological polar surface area (TPSA) is 63.8 Å². The summed E-state index contributed by atoms with van der Waals surface area (Å²) in [6, 6.07) is 5.68. The minimum atomic E-state index is -0.427. The van der Waals surface area contributed by atoms with Crippen molar-refractivity contribution in [3.63, 3.8) is 0 Å². The molecule has 20 heavy (non-hydrogen) atoms. The molecule has 0 saturated heterocycles. The maximum absolute atomic E-state index is 11.2. The van der Waals surface area contributed by atoms with Crippen LogP contribution < -0.4 is 5.76 Å². The van der Waals surface area contributed by atoms with Crippen LogP contribution in [0.4, 0.5) is 0 Å². The fourth-order valence-corrected chi connectivity index (χ4v) is 3.38. The summed E-state index contributed by atoms with van der Waals surface area (Å²) in [6.07, 6.45) is 3.43. The Bertz CT molecular complexity index is 859. The first-order valence-electron chi connectivity index (χ1n) is 6.60. The van der Waals surface area contributed by atoms with E-state index in [1.165, 1.54) is 18.5 Å². The minimum absolute atomic E-state index is 0.427. The molecular formula is C14H12BrN3O2. The van der Waals surface area contributed by atoms with Crippen LogP contribution in [0.15, 0.2) is 32.0 Å². The van der Waals surface area contributed by atoms with E-state index in [2.05, 4.69) is 30.5 Å². The van der Waals surface area contributed by atoms with Crippen molar-refractivity contribution in [3.05, 3.63) is 39.0 Å². The van der Waals surface area contributed by atoms with Gasteiger partial charge in [-0.2, -0.15) is 0 Å². The van der Waals surface area contributed by atoms with Gasteiger partial charge < -0.3 is 8.98 Å². The third-order valence-corrected chi connectivity index (χ3v) is 4.38. The molecule has 0 unspecified atom stereocenters. The molecule has 0 aliphatic carbocycles. The lowest BCUT2D eigenvalue weighted by Crippen LogP contribution is -2.11.